The summed E-state index contributed by atoms with van der Waals surface area (Å²) in [6, 6.07) is 12.3. The number of nitrogens with one attached hydrogen (secondary N) is 1. The molecule has 1 aromatic heterocycles. The fraction of sp³-hybridized carbons (Fsp3) is 0.333. The Labute approximate surface area is 177 Å². The van der Waals surface area contributed by atoms with Crippen LogP contribution in [0.15, 0.2) is 58.5 Å². The largest absolute Gasteiger partial charge is 0.370 e. The van der Waals surface area contributed by atoms with Crippen LogP contribution in [0.1, 0.15) is 24.8 Å². The summed E-state index contributed by atoms with van der Waals surface area (Å²) < 4.78 is 27.1. The molecule has 1 aliphatic heterocycles. The van der Waals surface area contributed by atoms with E-state index in [-0.39, 0.29) is 36.5 Å². The second-order valence-corrected chi connectivity index (χ2v) is 8.09. The van der Waals surface area contributed by atoms with Crippen LogP contribution in [0.2, 0.25) is 0 Å². The molecule has 3 rings (SSSR count). The molecule has 0 bridgehead atoms. The van der Waals surface area contributed by atoms with Crippen LogP contribution in [-0.4, -0.2) is 36.8 Å². The second-order valence-electron chi connectivity index (χ2n) is 6.15. The van der Waals surface area contributed by atoms with Crippen LogP contribution in [0.4, 0.5) is 5.82 Å². The van der Waals surface area contributed by atoms with Crippen molar-refractivity contribution in [3.05, 3.63) is 54.2 Å². The van der Waals surface area contributed by atoms with Gasteiger partial charge in [0.25, 0.3) is 0 Å². The van der Waals surface area contributed by atoms with Gasteiger partial charge in [0.1, 0.15) is 5.82 Å². The minimum absolute atomic E-state index is 0. The summed E-state index contributed by atoms with van der Waals surface area (Å²) in [5.74, 6) is 0.836. The van der Waals surface area contributed by atoms with Gasteiger partial charge in [0.15, 0.2) is 5.96 Å². The lowest BCUT2D eigenvalue weighted by atomic mass is 10.2. The molecule has 27 heavy (non-hydrogen) atoms. The number of anilines is 1. The van der Waals surface area contributed by atoms with Crippen molar-refractivity contribution in [2.75, 3.05) is 18.4 Å². The summed E-state index contributed by atoms with van der Waals surface area (Å²) in [7, 11) is -3.44. The van der Waals surface area contributed by atoms with Gasteiger partial charge in [0.2, 0.25) is 10.0 Å². The first-order valence-corrected chi connectivity index (χ1v) is 10.1. The number of guanidine groups is 1. The molecule has 0 atom stereocenters. The topological polar surface area (TPSA) is 101 Å². The highest BCUT2D eigenvalue weighted by molar-refractivity contribution is 14.0. The number of pyridine rings is 1. The lowest BCUT2D eigenvalue weighted by molar-refractivity contribution is 0.346. The highest BCUT2D eigenvalue weighted by atomic mass is 127. The standard InChI is InChI=1S/C18H23N5O2S.HI/c19-18(22-17-9-2-3-10-20-17)21-14-15-7-6-8-16(13-15)26(24,25)23-11-4-1-5-12-23;/h2-3,6-10,13H,1,4-5,11-12,14H2,(H3,19,20,21,22);1H. The number of aromatic nitrogens is 1. The highest BCUT2D eigenvalue weighted by Gasteiger charge is 2.25. The van der Waals surface area contributed by atoms with Crippen LogP contribution in [-0.2, 0) is 16.6 Å². The van der Waals surface area contributed by atoms with Crippen LogP contribution in [0, 0.1) is 0 Å². The third kappa shape index (κ3) is 5.88. The number of rotatable bonds is 5. The number of hydrogen-bond donors (Lipinski definition) is 2. The van der Waals surface area contributed by atoms with E-state index in [9.17, 15) is 8.42 Å². The number of sulfonamides is 1. The summed E-state index contributed by atoms with van der Waals surface area (Å²) in [5.41, 5.74) is 6.65. The maximum Gasteiger partial charge on any atom is 0.243 e. The van der Waals surface area contributed by atoms with Crippen molar-refractivity contribution >= 4 is 45.8 Å². The van der Waals surface area contributed by atoms with Crippen LogP contribution in [0.25, 0.3) is 0 Å². The van der Waals surface area contributed by atoms with Crippen LogP contribution < -0.4 is 11.1 Å². The Kier molecular flexibility index (Phi) is 7.99. The van der Waals surface area contributed by atoms with E-state index < -0.39 is 10.0 Å². The van der Waals surface area contributed by atoms with E-state index in [0.717, 1.165) is 24.8 Å². The molecule has 1 aromatic carbocycles. The van der Waals surface area contributed by atoms with Crippen molar-refractivity contribution in [1.82, 2.24) is 9.29 Å². The maximum absolute atomic E-state index is 12.8. The third-order valence-electron chi connectivity index (χ3n) is 4.20. The summed E-state index contributed by atoms with van der Waals surface area (Å²) in [5, 5.41) is 2.90. The maximum atomic E-state index is 12.8. The van der Waals surface area contributed by atoms with E-state index in [2.05, 4.69) is 15.3 Å². The minimum Gasteiger partial charge on any atom is -0.370 e. The average Bonchev–Trinajstić information content (AvgIpc) is 2.68. The van der Waals surface area contributed by atoms with Gasteiger partial charge in [0.05, 0.1) is 11.4 Å². The molecule has 2 aromatic rings. The van der Waals surface area contributed by atoms with Crippen molar-refractivity contribution in [3.63, 3.8) is 0 Å². The van der Waals surface area contributed by atoms with Gasteiger partial charge < -0.3 is 11.1 Å². The number of halogens is 1. The van der Waals surface area contributed by atoms with Gasteiger partial charge in [-0.2, -0.15) is 4.31 Å². The number of nitrogens with two attached hydrogens (primary N) is 1. The van der Waals surface area contributed by atoms with Gasteiger partial charge in [-0.05, 0) is 42.7 Å². The molecular weight excluding hydrogens is 477 g/mol. The summed E-state index contributed by atoms with van der Waals surface area (Å²) >= 11 is 0. The Morgan fingerprint density at radius 1 is 1.15 bits per heavy atom. The normalized spacial score (nSPS) is 15.8. The van der Waals surface area contributed by atoms with Crippen LogP contribution >= 0.6 is 24.0 Å². The van der Waals surface area contributed by atoms with Gasteiger partial charge in [0, 0.05) is 19.3 Å². The molecule has 0 saturated carbocycles. The molecule has 1 fully saturated rings. The fourth-order valence-electron chi connectivity index (χ4n) is 2.84. The van der Waals surface area contributed by atoms with Crippen molar-refractivity contribution in [3.8, 4) is 0 Å². The number of benzene rings is 1. The third-order valence-corrected chi connectivity index (χ3v) is 6.10. The van der Waals surface area contributed by atoms with E-state index >= 15 is 0 Å². The van der Waals surface area contributed by atoms with Crippen molar-refractivity contribution < 1.29 is 8.42 Å². The van der Waals surface area contributed by atoms with Crippen molar-refractivity contribution in [2.45, 2.75) is 30.7 Å². The number of hydrogen-bond acceptors (Lipinski definition) is 4. The zero-order valence-corrected chi connectivity index (χ0v) is 18.1. The zero-order valence-electron chi connectivity index (χ0n) is 14.9. The number of piperidine rings is 1. The Bertz CT molecular complexity index is 868. The lowest BCUT2D eigenvalue weighted by Gasteiger charge is -2.26. The molecule has 0 radical (unpaired) electrons. The summed E-state index contributed by atoms with van der Waals surface area (Å²) in [4.78, 5) is 8.68. The highest BCUT2D eigenvalue weighted by Crippen LogP contribution is 2.21. The molecule has 2 heterocycles. The number of aliphatic imine (C=N–C) groups is 1. The van der Waals surface area contributed by atoms with Gasteiger partial charge in [-0.1, -0.05) is 24.6 Å². The molecule has 0 aliphatic carbocycles. The SMILES string of the molecule is I.NC(=NCc1cccc(S(=O)(=O)N2CCCCC2)c1)Nc1ccccn1. The molecule has 1 aliphatic rings. The van der Waals surface area contributed by atoms with E-state index in [4.69, 9.17) is 5.73 Å². The first kappa shape index (κ1) is 21.6. The van der Waals surface area contributed by atoms with Gasteiger partial charge in [-0.3, -0.25) is 0 Å². The molecule has 0 unspecified atom stereocenters. The Morgan fingerprint density at radius 2 is 1.93 bits per heavy atom. The van der Waals surface area contributed by atoms with E-state index in [1.54, 1.807) is 34.8 Å². The molecule has 1 saturated heterocycles. The summed E-state index contributed by atoms with van der Waals surface area (Å²) in [6.07, 6.45) is 4.58. The predicted molar refractivity (Wildman–Crippen MR) is 118 cm³/mol. The Hall–Kier alpha value is -1.72. The Morgan fingerprint density at radius 3 is 2.63 bits per heavy atom. The first-order valence-electron chi connectivity index (χ1n) is 8.63. The predicted octanol–water partition coefficient (Wildman–Crippen LogP) is 2.80. The van der Waals surface area contributed by atoms with E-state index in [1.807, 2.05) is 18.2 Å². The molecule has 3 N–H and O–H groups in total. The van der Waals surface area contributed by atoms with Gasteiger partial charge in [-0.15, -0.1) is 24.0 Å². The molecule has 146 valence electrons. The minimum atomic E-state index is -3.44. The van der Waals surface area contributed by atoms with Crippen molar-refractivity contribution in [2.24, 2.45) is 10.7 Å². The van der Waals surface area contributed by atoms with E-state index in [1.165, 1.54) is 0 Å². The quantitative estimate of drug-likeness (QED) is 0.373. The smallest absolute Gasteiger partial charge is 0.243 e. The van der Waals surface area contributed by atoms with E-state index in [0.29, 0.717) is 23.8 Å². The lowest BCUT2D eigenvalue weighted by Crippen LogP contribution is -2.35. The second kappa shape index (κ2) is 10.00. The first-order chi connectivity index (χ1) is 12.6. The van der Waals surface area contributed by atoms with Crippen molar-refractivity contribution in [1.29, 1.82) is 0 Å². The van der Waals surface area contributed by atoms with Crippen LogP contribution in [0.3, 0.4) is 0 Å². The Balaban J connectivity index is 0.00000261. The monoisotopic (exact) mass is 501 g/mol. The molecule has 9 heteroatoms. The molecule has 0 amide bonds. The molecule has 7 nitrogen and oxygen atoms in total. The average molecular weight is 501 g/mol. The fourth-order valence-corrected chi connectivity index (χ4v) is 4.43. The molecular formula is C18H24IN5O2S. The summed E-state index contributed by atoms with van der Waals surface area (Å²) in [6.45, 7) is 1.46. The van der Waals surface area contributed by atoms with Gasteiger partial charge in [-0.25, -0.2) is 18.4 Å². The molecule has 0 spiro atoms. The number of nitrogens with zero attached hydrogens (tertiary/aromatic N) is 3. The zero-order chi connectivity index (χ0) is 18.4. The van der Waals surface area contributed by atoms with Crippen LogP contribution in [0.5, 0.6) is 0 Å². The van der Waals surface area contributed by atoms with Gasteiger partial charge >= 0.3 is 0 Å².